The van der Waals surface area contributed by atoms with Crippen molar-refractivity contribution in [1.82, 2.24) is 14.9 Å². The number of rotatable bonds is 6. The zero-order chi connectivity index (χ0) is 20.1. The van der Waals surface area contributed by atoms with Crippen LogP contribution in [0.15, 0.2) is 59.7 Å². The van der Waals surface area contributed by atoms with Gasteiger partial charge in [0.1, 0.15) is 0 Å². The summed E-state index contributed by atoms with van der Waals surface area (Å²) < 4.78 is 7.61. The van der Waals surface area contributed by atoms with Crippen LogP contribution >= 0.6 is 0 Å². The molecule has 1 aliphatic heterocycles. The van der Waals surface area contributed by atoms with Gasteiger partial charge in [0.2, 0.25) is 0 Å². The summed E-state index contributed by atoms with van der Waals surface area (Å²) in [6, 6.07) is 18.7. The molecule has 1 fully saturated rings. The van der Waals surface area contributed by atoms with E-state index < -0.39 is 0 Å². The molecule has 0 radical (unpaired) electrons. The molecular formula is C23H26N4O2. The standard InChI is InChI=1S/C23H26N4O2/c1-18-21(15-24-25-23(28)17-26-11-13-29-14-12-26)20-9-5-6-10-22(20)27(18)16-19-7-3-2-4-8-19/h2-10,15H,11-14,16-17H2,1H3,(H,25,28). The van der Waals surface area contributed by atoms with Crippen LogP contribution in [-0.4, -0.2) is 54.4 Å². The monoisotopic (exact) mass is 390 g/mol. The van der Waals surface area contributed by atoms with Crippen molar-refractivity contribution < 1.29 is 9.53 Å². The third-order valence-corrected chi connectivity index (χ3v) is 5.32. The van der Waals surface area contributed by atoms with Crippen LogP contribution in [0.3, 0.4) is 0 Å². The van der Waals surface area contributed by atoms with Crippen molar-refractivity contribution in [2.75, 3.05) is 32.8 Å². The molecule has 1 amide bonds. The number of hydrogen-bond donors (Lipinski definition) is 1. The van der Waals surface area contributed by atoms with Gasteiger partial charge in [-0.3, -0.25) is 9.69 Å². The lowest BCUT2D eigenvalue weighted by molar-refractivity contribution is -0.123. The molecule has 150 valence electrons. The molecule has 6 heteroatoms. The van der Waals surface area contributed by atoms with Crippen LogP contribution in [-0.2, 0) is 16.1 Å². The summed E-state index contributed by atoms with van der Waals surface area (Å²) in [5, 5.41) is 5.37. The molecule has 0 spiro atoms. The third-order valence-electron chi connectivity index (χ3n) is 5.32. The van der Waals surface area contributed by atoms with E-state index in [0.717, 1.165) is 41.8 Å². The first kappa shape index (κ1) is 19.4. The Morgan fingerprint density at radius 3 is 2.62 bits per heavy atom. The Morgan fingerprint density at radius 2 is 1.83 bits per heavy atom. The number of hydrazone groups is 1. The molecule has 1 aliphatic rings. The van der Waals surface area contributed by atoms with Gasteiger partial charge >= 0.3 is 0 Å². The van der Waals surface area contributed by atoms with Crippen LogP contribution in [0.1, 0.15) is 16.8 Å². The third kappa shape index (κ3) is 4.55. The minimum Gasteiger partial charge on any atom is -0.379 e. The highest BCUT2D eigenvalue weighted by Gasteiger charge is 2.15. The number of carbonyl (C=O) groups is 1. The van der Waals surface area contributed by atoms with Crippen LogP contribution in [0.4, 0.5) is 0 Å². The molecule has 0 atom stereocenters. The van der Waals surface area contributed by atoms with E-state index in [0.29, 0.717) is 19.8 Å². The normalized spacial score (nSPS) is 15.2. The maximum absolute atomic E-state index is 12.2. The van der Waals surface area contributed by atoms with Crippen molar-refractivity contribution in [2.24, 2.45) is 5.10 Å². The van der Waals surface area contributed by atoms with E-state index in [9.17, 15) is 4.79 Å². The van der Waals surface area contributed by atoms with E-state index in [1.54, 1.807) is 6.21 Å². The fourth-order valence-electron chi connectivity index (χ4n) is 3.76. The number of carbonyl (C=O) groups excluding carboxylic acids is 1. The lowest BCUT2D eigenvalue weighted by Gasteiger charge is -2.25. The summed E-state index contributed by atoms with van der Waals surface area (Å²) in [6.45, 7) is 6.15. The molecule has 0 saturated carbocycles. The highest BCUT2D eigenvalue weighted by molar-refractivity contribution is 6.01. The van der Waals surface area contributed by atoms with Crippen molar-refractivity contribution in [3.8, 4) is 0 Å². The first-order valence-electron chi connectivity index (χ1n) is 9.96. The van der Waals surface area contributed by atoms with Gasteiger partial charge in [-0.2, -0.15) is 5.10 Å². The van der Waals surface area contributed by atoms with Gasteiger partial charge in [0.25, 0.3) is 5.91 Å². The summed E-state index contributed by atoms with van der Waals surface area (Å²) in [7, 11) is 0. The van der Waals surface area contributed by atoms with Gasteiger partial charge < -0.3 is 9.30 Å². The molecular weight excluding hydrogens is 364 g/mol. The summed E-state index contributed by atoms with van der Waals surface area (Å²) in [4.78, 5) is 14.3. The number of amides is 1. The highest BCUT2D eigenvalue weighted by atomic mass is 16.5. The second kappa shape index (κ2) is 9.03. The average Bonchev–Trinajstić information content (AvgIpc) is 3.01. The van der Waals surface area contributed by atoms with Crippen LogP contribution in [0, 0.1) is 6.92 Å². The van der Waals surface area contributed by atoms with Crippen LogP contribution in [0.2, 0.25) is 0 Å². The number of para-hydroxylation sites is 1. The summed E-state index contributed by atoms with van der Waals surface area (Å²) in [5.74, 6) is -0.103. The Labute approximate surface area is 170 Å². The van der Waals surface area contributed by atoms with Gasteiger partial charge in [-0.25, -0.2) is 5.43 Å². The van der Waals surface area contributed by atoms with Gasteiger partial charge in [0.05, 0.1) is 26.0 Å². The Morgan fingerprint density at radius 1 is 1.10 bits per heavy atom. The molecule has 2 aromatic carbocycles. The lowest BCUT2D eigenvalue weighted by atomic mass is 10.1. The molecule has 0 bridgehead atoms. The molecule has 0 aliphatic carbocycles. The van der Waals surface area contributed by atoms with Gasteiger partial charge in [-0.1, -0.05) is 48.5 Å². The summed E-state index contributed by atoms with van der Waals surface area (Å²) in [6.07, 6.45) is 1.76. The quantitative estimate of drug-likeness (QED) is 0.520. The van der Waals surface area contributed by atoms with E-state index >= 15 is 0 Å². The summed E-state index contributed by atoms with van der Waals surface area (Å²) >= 11 is 0. The van der Waals surface area contributed by atoms with Gasteiger partial charge in [-0.05, 0) is 18.6 Å². The fraction of sp³-hybridized carbons (Fsp3) is 0.304. The predicted molar refractivity (Wildman–Crippen MR) is 115 cm³/mol. The zero-order valence-corrected chi connectivity index (χ0v) is 16.7. The predicted octanol–water partition coefficient (Wildman–Crippen LogP) is 2.78. The number of hydrogen-bond acceptors (Lipinski definition) is 4. The van der Waals surface area contributed by atoms with E-state index in [2.05, 4.69) is 63.3 Å². The van der Waals surface area contributed by atoms with E-state index in [1.807, 2.05) is 18.2 Å². The SMILES string of the molecule is Cc1c(C=NNC(=O)CN2CCOCC2)c2ccccc2n1Cc1ccccc1. The zero-order valence-electron chi connectivity index (χ0n) is 16.7. The molecule has 1 saturated heterocycles. The Hall–Kier alpha value is -2.96. The average molecular weight is 390 g/mol. The topological polar surface area (TPSA) is 58.9 Å². The second-order valence-electron chi connectivity index (χ2n) is 7.27. The van der Waals surface area contributed by atoms with Crippen molar-refractivity contribution in [2.45, 2.75) is 13.5 Å². The Balaban J connectivity index is 1.51. The van der Waals surface area contributed by atoms with Crippen LogP contribution < -0.4 is 5.43 Å². The molecule has 6 nitrogen and oxygen atoms in total. The molecule has 4 rings (SSSR count). The largest absolute Gasteiger partial charge is 0.379 e. The first-order chi connectivity index (χ1) is 14.2. The van der Waals surface area contributed by atoms with Crippen molar-refractivity contribution >= 4 is 23.0 Å². The number of aromatic nitrogens is 1. The number of nitrogens with zero attached hydrogens (tertiary/aromatic N) is 3. The Bertz CT molecular complexity index is 1000. The van der Waals surface area contributed by atoms with Crippen LogP contribution in [0.25, 0.3) is 10.9 Å². The first-order valence-corrected chi connectivity index (χ1v) is 9.96. The molecule has 1 aromatic heterocycles. The number of ether oxygens (including phenoxy) is 1. The van der Waals surface area contributed by atoms with E-state index in [4.69, 9.17) is 4.74 Å². The van der Waals surface area contributed by atoms with Crippen molar-refractivity contribution in [1.29, 1.82) is 0 Å². The Kier molecular flexibility index (Phi) is 6.03. The number of benzene rings is 2. The molecule has 1 N–H and O–H groups in total. The second-order valence-corrected chi connectivity index (χ2v) is 7.27. The molecule has 29 heavy (non-hydrogen) atoms. The summed E-state index contributed by atoms with van der Waals surface area (Å²) in [5.41, 5.74) is 7.24. The minimum atomic E-state index is -0.103. The van der Waals surface area contributed by atoms with Gasteiger partial charge in [0.15, 0.2) is 0 Å². The smallest absolute Gasteiger partial charge is 0.254 e. The van der Waals surface area contributed by atoms with Gasteiger partial charge in [-0.15, -0.1) is 0 Å². The van der Waals surface area contributed by atoms with Crippen molar-refractivity contribution in [3.63, 3.8) is 0 Å². The molecule has 2 heterocycles. The van der Waals surface area contributed by atoms with E-state index in [-0.39, 0.29) is 5.91 Å². The number of morpholine rings is 1. The minimum absolute atomic E-state index is 0.103. The van der Waals surface area contributed by atoms with Gasteiger partial charge in [0, 0.05) is 41.8 Å². The molecule has 0 unspecified atom stereocenters. The van der Waals surface area contributed by atoms with Crippen molar-refractivity contribution in [3.05, 3.63) is 71.4 Å². The maximum Gasteiger partial charge on any atom is 0.254 e. The number of fused-ring (bicyclic) bond motifs is 1. The van der Waals surface area contributed by atoms with Crippen LogP contribution in [0.5, 0.6) is 0 Å². The maximum atomic E-state index is 12.2. The highest BCUT2D eigenvalue weighted by Crippen LogP contribution is 2.25. The van der Waals surface area contributed by atoms with E-state index in [1.165, 1.54) is 5.56 Å². The molecule has 3 aromatic rings. The fourth-order valence-corrected chi connectivity index (χ4v) is 3.76. The number of nitrogens with one attached hydrogen (secondary N) is 1. The lowest BCUT2D eigenvalue weighted by Crippen LogP contribution is -2.42.